The monoisotopic (exact) mass is 368 g/mol. The van der Waals surface area contributed by atoms with Crippen molar-refractivity contribution >= 4 is 23.5 Å². The molecule has 0 saturated heterocycles. The molecule has 0 radical (unpaired) electrons. The number of aromatic amines is 1. The van der Waals surface area contributed by atoms with E-state index < -0.39 is 5.25 Å². The van der Waals surface area contributed by atoms with Gasteiger partial charge in [0.05, 0.1) is 12.4 Å². The first-order valence-electron chi connectivity index (χ1n) is 7.71. The molecule has 0 fully saturated rings. The zero-order valence-corrected chi connectivity index (χ0v) is 15.2. The van der Waals surface area contributed by atoms with E-state index in [0.29, 0.717) is 11.6 Å². The zero-order valence-electron chi connectivity index (χ0n) is 14.4. The van der Waals surface area contributed by atoms with Crippen LogP contribution in [0.1, 0.15) is 23.6 Å². The Balaban J connectivity index is 2.01. The molecule has 8 heteroatoms. The molecule has 2 rings (SSSR count). The predicted octanol–water partition coefficient (Wildman–Crippen LogP) is 1.63. The number of aromatic nitrogens is 1. The molecule has 0 aliphatic carbocycles. The smallest absolute Gasteiger partial charge is 0.289 e. The Morgan fingerprint density at radius 2 is 1.96 bits per heavy atom. The number of nitrogens with one attached hydrogen (secondary N) is 2. The second-order valence-electron chi connectivity index (χ2n) is 5.39. The number of anilines is 1. The molecule has 1 aromatic carbocycles. The van der Waals surface area contributed by atoms with Crippen molar-refractivity contribution in [3.05, 3.63) is 47.0 Å². The highest BCUT2D eigenvalue weighted by Crippen LogP contribution is 2.24. The van der Waals surface area contributed by atoms with E-state index in [1.165, 1.54) is 17.8 Å². The number of pyridine rings is 1. The van der Waals surface area contributed by atoms with E-state index in [9.17, 15) is 10.1 Å². The van der Waals surface area contributed by atoms with Crippen LogP contribution in [0, 0.1) is 22.7 Å². The van der Waals surface area contributed by atoms with Gasteiger partial charge in [-0.25, -0.2) is 4.98 Å². The quantitative estimate of drug-likeness (QED) is 0.746. The van der Waals surface area contributed by atoms with Crippen molar-refractivity contribution in [2.45, 2.75) is 23.7 Å². The van der Waals surface area contributed by atoms with Crippen molar-refractivity contribution in [1.29, 1.82) is 10.5 Å². The summed E-state index contributed by atoms with van der Waals surface area (Å²) in [4.78, 5) is 15.1. The minimum atomic E-state index is -0.455. The predicted molar refractivity (Wildman–Crippen MR) is 97.0 cm³/mol. The van der Waals surface area contributed by atoms with E-state index in [1.807, 2.05) is 36.4 Å². The van der Waals surface area contributed by atoms with Crippen molar-refractivity contribution in [1.82, 2.24) is 5.32 Å². The van der Waals surface area contributed by atoms with Gasteiger partial charge in [-0.05, 0) is 30.7 Å². The minimum Gasteiger partial charge on any atom is -0.497 e. The third-order valence-electron chi connectivity index (χ3n) is 3.60. The number of rotatable bonds is 6. The van der Waals surface area contributed by atoms with Crippen LogP contribution in [0.3, 0.4) is 0 Å². The van der Waals surface area contributed by atoms with E-state index in [2.05, 4.69) is 10.3 Å². The number of nitriles is 2. The number of benzene rings is 1. The third-order valence-corrected chi connectivity index (χ3v) is 4.73. The maximum absolute atomic E-state index is 12.3. The molecule has 0 unspecified atom stereocenters. The molecule has 132 valence electrons. The van der Waals surface area contributed by atoms with E-state index in [0.717, 1.165) is 11.3 Å². The van der Waals surface area contributed by atoms with Gasteiger partial charge in [0, 0.05) is 6.54 Å². The lowest BCUT2D eigenvalue weighted by Crippen LogP contribution is -2.31. The maximum Gasteiger partial charge on any atom is 0.289 e. The van der Waals surface area contributed by atoms with Crippen LogP contribution in [0.25, 0.3) is 0 Å². The van der Waals surface area contributed by atoms with Gasteiger partial charge in [-0.3, -0.25) is 10.5 Å². The van der Waals surface area contributed by atoms with Crippen molar-refractivity contribution in [3.8, 4) is 17.9 Å². The molecule has 0 spiro atoms. The fourth-order valence-corrected chi connectivity index (χ4v) is 3.06. The van der Waals surface area contributed by atoms with Gasteiger partial charge in [0.15, 0.2) is 5.03 Å². The van der Waals surface area contributed by atoms with Gasteiger partial charge in [-0.15, -0.1) is 0 Å². The highest BCUT2D eigenvalue weighted by Gasteiger charge is 2.21. The number of nitrogens with zero attached hydrogens (tertiary/aromatic N) is 2. The Morgan fingerprint density at radius 3 is 2.54 bits per heavy atom. The average molecular weight is 368 g/mol. The first kappa shape index (κ1) is 19.1. The van der Waals surface area contributed by atoms with Crippen molar-refractivity contribution in [3.63, 3.8) is 0 Å². The Kier molecular flexibility index (Phi) is 6.42. The summed E-state index contributed by atoms with van der Waals surface area (Å²) in [5, 5.41) is 21.1. The number of carbonyl (C=O) groups excluding carboxylic acids is 1. The lowest BCUT2D eigenvalue weighted by atomic mass is 10.2. The molecule has 0 bridgehead atoms. The summed E-state index contributed by atoms with van der Waals surface area (Å²) >= 11 is 1.18. The highest BCUT2D eigenvalue weighted by molar-refractivity contribution is 8.00. The van der Waals surface area contributed by atoms with Gasteiger partial charge in [0.25, 0.3) is 5.82 Å². The molecule has 26 heavy (non-hydrogen) atoms. The highest BCUT2D eigenvalue weighted by atomic mass is 32.2. The lowest BCUT2D eigenvalue weighted by molar-refractivity contribution is -0.410. The fraction of sp³-hybridized carbons (Fsp3) is 0.222. The number of H-pyrrole nitrogens is 1. The molecular formula is C18H18N5O2S+. The molecule has 2 aromatic rings. The summed E-state index contributed by atoms with van der Waals surface area (Å²) in [5.74, 6) is 0.743. The SMILES string of the molecule is COc1ccc(CNC(=O)[C@H](C)Sc2[nH+]c(N)c(C#N)cc2C#N)cc1. The first-order valence-corrected chi connectivity index (χ1v) is 8.59. The summed E-state index contributed by atoms with van der Waals surface area (Å²) in [5.41, 5.74) is 7.17. The third kappa shape index (κ3) is 4.65. The number of nitrogen functional groups attached to an aromatic ring is 1. The van der Waals surface area contributed by atoms with Crippen LogP contribution < -0.4 is 20.8 Å². The summed E-state index contributed by atoms with van der Waals surface area (Å²) in [6, 6.07) is 12.7. The van der Waals surface area contributed by atoms with Crippen LogP contribution in [0.4, 0.5) is 5.82 Å². The Hall–Kier alpha value is -3.23. The van der Waals surface area contributed by atoms with Gasteiger partial charge in [-0.1, -0.05) is 23.9 Å². The van der Waals surface area contributed by atoms with E-state index in [1.54, 1.807) is 14.0 Å². The normalized spacial score (nSPS) is 11.1. The largest absolute Gasteiger partial charge is 0.497 e. The number of thioether (sulfide) groups is 1. The molecule has 1 atom stereocenters. The number of nitrogens with two attached hydrogens (primary N) is 1. The number of hydrogen-bond donors (Lipinski definition) is 2. The number of hydrogen-bond acceptors (Lipinski definition) is 6. The van der Waals surface area contributed by atoms with Crippen molar-refractivity contribution < 1.29 is 14.5 Å². The van der Waals surface area contributed by atoms with E-state index in [4.69, 9.17) is 15.7 Å². The number of methoxy groups -OCH3 is 1. The summed E-state index contributed by atoms with van der Waals surface area (Å²) < 4.78 is 5.10. The van der Waals surface area contributed by atoms with Crippen molar-refractivity contribution in [2.75, 3.05) is 12.8 Å². The molecule has 0 aliphatic rings. The van der Waals surface area contributed by atoms with Crippen LogP contribution in [0.15, 0.2) is 35.4 Å². The first-order chi connectivity index (χ1) is 12.5. The van der Waals surface area contributed by atoms with Crippen LogP contribution in [-0.4, -0.2) is 18.3 Å². The van der Waals surface area contributed by atoms with E-state index >= 15 is 0 Å². The van der Waals surface area contributed by atoms with Gasteiger partial charge in [0.1, 0.15) is 29.0 Å². The Labute approximate surface area is 155 Å². The topological polar surface area (TPSA) is 126 Å². The van der Waals surface area contributed by atoms with Crippen LogP contribution in [0.2, 0.25) is 0 Å². The van der Waals surface area contributed by atoms with E-state index in [-0.39, 0.29) is 22.9 Å². The molecule has 4 N–H and O–H groups in total. The van der Waals surface area contributed by atoms with Gasteiger partial charge in [-0.2, -0.15) is 10.5 Å². The Morgan fingerprint density at radius 1 is 1.31 bits per heavy atom. The fourth-order valence-electron chi connectivity index (χ4n) is 2.12. The summed E-state index contributed by atoms with van der Waals surface area (Å²) in [7, 11) is 1.60. The lowest BCUT2D eigenvalue weighted by Gasteiger charge is -2.12. The van der Waals surface area contributed by atoms with Gasteiger partial charge < -0.3 is 10.1 Å². The number of ether oxygens (including phenoxy) is 1. The molecular weight excluding hydrogens is 350 g/mol. The number of amides is 1. The molecule has 1 aromatic heterocycles. The summed E-state index contributed by atoms with van der Waals surface area (Å²) in [6.45, 7) is 2.12. The molecule has 0 saturated carbocycles. The standard InChI is InChI=1S/C18H17N5O2S/c1-11(17(24)22-10-12-3-5-15(25-2)6-4-12)26-18-14(9-20)7-13(8-19)16(21)23-18/h3-7,11H,10H2,1-2H3,(H2,21,23)(H,22,24)/p+1/t11-/m0/s1. The summed E-state index contributed by atoms with van der Waals surface area (Å²) in [6.07, 6.45) is 0. The van der Waals surface area contributed by atoms with Gasteiger partial charge in [0.2, 0.25) is 5.91 Å². The second kappa shape index (κ2) is 8.75. The van der Waals surface area contributed by atoms with Crippen molar-refractivity contribution in [2.24, 2.45) is 0 Å². The van der Waals surface area contributed by atoms with Gasteiger partial charge >= 0.3 is 0 Å². The average Bonchev–Trinajstić information content (AvgIpc) is 2.66. The van der Waals surface area contributed by atoms with Crippen LogP contribution >= 0.6 is 11.8 Å². The van der Waals surface area contributed by atoms with Crippen LogP contribution in [-0.2, 0) is 11.3 Å². The molecule has 1 amide bonds. The molecule has 0 aliphatic heterocycles. The molecule has 7 nitrogen and oxygen atoms in total. The Bertz CT molecular complexity index is 884. The zero-order chi connectivity index (χ0) is 19.1. The molecule has 1 heterocycles. The second-order valence-corrected chi connectivity index (χ2v) is 6.74. The maximum atomic E-state index is 12.3. The van der Waals surface area contributed by atoms with Crippen LogP contribution in [0.5, 0.6) is 5.75 Å². The minimum absolute atomic E-state index is 0.167. The number of carbonyl (C=O) groups is 1.